The number of ketones is 1. The van der Waals surface area contributed by atoms with Gasteiger partial charge in [-0.25, -0.2) is 0 Å². The number of hydrogen-bond donors (Lipinski definition) is 0. The zero-order chi connectivity index (χ0) is 29.5. The predicted octanol–water partition coefficient (Wildman–Crippen LogP) is 7.24. The summed E-state index contributed by atoms with van der Waals surface area (Å²) in [6, 6.07) is 15.2. The Hall–Kier alpha value is -2.86. The summed E-state index contributed by atoms with van der Waals surface area (Å²) in [5.41, 5.74) is 6.18. The number of esters is 1. The van der Waals surface area contributed by atoms with E-state index in [2.05, 4.69) is 42.0 Å². The molecule has 1 fully saturated rings. The summed E-state index contributed by atoms with van der Waals surface area (Å²) in [4.78, 5) is 30.9. The maximum atomic E-state index is 13.0. The number of nitrogens with zero attached hydrogens (tertiary/aromatic N) is 3. The van der Waals surface area contributed by atoms with Crippen molar-refractivity contribution >= 4 is 23.1 Å². The van der Waals surface area contributed by atoms with E-state index in [0.717, 1.165) is 68.5 Å². The van der Waals surface area contributed by atoms with Crippen LogP contribution in [-0.2, 0) is 9.53 Å². The number of ether oxygens (including phenoxy) is 1. The summed E-state index contributed by atoms with van der Waals surface area (Å²) >= 11 is 0. The first-order valence-electron chi connectivity index (χ1n) is 16.6. The lowest BCUT2D eigenvalue weighted by Gasteiger charge is -2.47. The monoisotopic (exact) mass is 574 g/mol. The van der Waals surface area contributed by atoms with Gasteiger partial charge in [0.1, 0.15) is 0 Å². The highest BCUT2D eigenvalue weighted by molar-refractivity contribution is 5.96. The van der Waals surface area contributed by atoms with Crippen LogP contribution in [0.2, 0.25) is 0 Å². The first kappa shape index (κ1) is 30.6. The first-order valence-corrected chi connectivity index (χ1v) is 16.6. The molecule has 3 aliphatic rings. The third kappa shape index (κ3) is 7.02. The summed E-state index contributed by atoms with van der Waals surface area (Å²) in [6.07, 6.45) is 11.3. The molecule has 0 N–H and O–H groups in total. The van der Waals surface area contributed by atoms with Crippen molar-refractivity contribution in [3.05, 3.63) is 59.2 Å². The number of aryl methyl sites for hydroxylation is 1. The van der Waals surface area contributed by atoms with Crippen LogP contribution in [-0.4, -0.2) is 68.8 Å². The van der Waals surface area contributed by atoms with Crippen LogP contribution < -0.4 is 9.80 Å². The Morgan fingerprint density at radius 2 is 1.69 bits per heavy atom. The van der Waals surface area contributed by atoms with Crippen molar-refractivity contribution in [2.24, 2.45) is 0 Å². The van der Waals surface area contributed by atoms with Gasteiger partial charge in [0.05, 0.1) is 36.9 Å². The van der Waals surface area contributed by atoms with E-state index in [-0.39, 0.29) is 11.8 Å². The minimum Gasteiger partial charge on any atom is -0.415 e. The number of rotatable bonds is 15. The third-order valence-electron chi connectivity index (χ3n) is 10.1. The van der Waals surface area contributed by atoms with E-state index in [9.17, 15) is 9.59 Å². The maximum absolute atomic E-state index is 13.0. The summed E-state index contributed by atoms with van der Waals surface area (Å²) in [5, 5.41) is 0. The zero-order valence-electron chi connectivity index (χ0n) is 26.3. The number of quaternary nitrogens is 1. The van der Waals surface area contributed by atoms with Gasteiger partial charge in [0.25, 0.3) is 0 Å². The minimum atomic E-state index is -0.0609. The Labute approximate surface area is 253 Å². The van der Waals surface area contributed by atoms with Crippen molar-refractivity contribution in [3.63, 3.8) is 0 Å². The minimum absolute atomic E-state index is 0.0609. The van der Waals surface area contributed by atoms with Gasteiger partial charge in [0, 0.05) is 57.4 Å². The molecule has 1 saturated heterocycles. The largest absolute Gasteiger partial charge is 0.415 e. The van der Waals surface area contributed by atoms with Gasteiger partial charge in [0.15, 0.2) is 5.78 Å². The average molecular weight is 575 g/mol. The standard InChI is InChI=1S/C36H52N3O3/c1-4-5-6-7-8-9-10-16-35(41)42-27-39(24-12-15-34(40)29-19-17-28(2)18-20-29)25-21-32-31(26-39)30-13-11-14-33-36(30)38(32)23-22-37(33)3/h11,13-14,17-20,31-32H,4-10,12,15-16,21-27H2,1-3H3/q+1/t31-,32-,39?/m0/s1. The lowest BCUT2D eigenvalue weighted by molar-refractivity contribution is -0.949. The topological polar surface area (TPSA) is 49.9 Å². The van der Waals surface area contributed by atoms with E-state index in [1.54, 1.807) is 0 Å². The smallest absolute Gasteiger partial charge is 0.310 e. The predicted molar refractivity (Wildman–Crippen MR) is 171 cm³/mol. The van der Waals surface area contributed by atoms with E-state index < -0.39 is 0 Å². The number of piperidine rings is 1. The zero-order valence-corrected chi connectivity index (χ0v) is 26.3. The lowest BCUT2D eigenvalue weighted by Crippen LogP contribution is -2.60. The Morgan fingerprint density at radius 1 is 0.929 bits per heavy atom. The highest BCUT2D eigenvalue weighted by Crippen LogP contribution is 2.51. The lowest BCUT2D eigenvalue weighted by atomic mass is 9.87. The molecule has 6 heteroatoms. The molecule has 2 aromatic rings. The highest BCUT2D eigenvalue weighted by Gasteiger charge is 2.50. The SMILES string of the molecule is CCCCCCCCCC(=O)OC[N+]1(CCCC(=O)c2ccc(C)cc2)CC[C@H]2[C@@H](C1)c1cccc3c1N2CCN3C. The number of likely N-dealkylation sites (N-methyl/N-ethyl adjacent to an activating group) is 1. The molecule has 228 valence electrons. The van der Waals surface area contributed by atoms with Crippen LogP contribution in [0.25, 0.3) is 0 Å². The second-order valence-electron chi connectivity index (χ2n) is 13.2. The van der Waals surface area contributed by atoms with Crippen LogP contribution in [0.1, 0.15) is 105 Å². The molecule has 1 unspecified atom stereocenters. The fourth-order valence-corrected chi connectivity index (χ4v) is 7.56. The number of carbonyl (C=O) groups excluding carboxylic acids is 2. The van der Waals surface area contributed by atoms with Crippen molar-refractivity contribution in [1.82, 2.24) is 0 Å². The summed E-state index contributed by atoms with van der Waals surface area (Å²) in [5.74, 6) is 0.568. The molecule has 3 atom stereocenters. The van der Waals surface area contributed by atoms with Crippen molar-refractivity contribution in [2.75, 3.05) is 56.3 Å². The molecular formula is C36H52N3O3+. The molecule has 2 aromatic carbocycles. The van der Waals surface area contributed by atoms with Gasteiger partial charge in [-0.1, -0.05) is 87.4 Å². The van der Waals surface area contributed by atoms with Crippen LogP contribution >= 0.6 is 0 Å². The second-order valence-corrected chi connectivity index (χ2v) is 13.2. The quantitative estimate of drug-likeness (QED) is 0.0971. The van der Waals surface area contributed by atoms with E-state index in [4.69, 9.17) is 4.74 Å². The number of likely N-dealkylation sites (tertiary alicyclic amines) is 1. The molecule has 3 aliphatic heterocycles. The number of Topliss-reactive ketones (excluding diaryl/α,β-unsaturated/α-hetero) is 1. The molecule has 0 saturated carbocycles. The van der Waals surface area contributed by atoms with E-state index in [0.29, 0.717) is 31.5 Å². The molecule has 0 amide bonds. The molecule has 5 rings (SSSR count). The number of fused-ring (bicyclic) bond motifs is 3. The first-order chi connectivity index (χ1) is 20.4. The summed E-state index contributed by atoms with van der Waals surface area (Å²) in [7, 11) is 2.20. The van der Waals surface area contributed by atoms with Gasteiger partial charge in [-0.3, -0.25) is 14.1 Å². The molecule has 0 aliphatic carbocycles. The number of anilines is 2. The Balaban J connectivity index is 1.23. The molecule has 0 spiro atoms. The molecule has 3 heterocycles. The van der Waals surface area contributed by atoms with Crippen LogP contribution in [0.15, 0.2) is 42.5 Å². The summed E-state index contributed by atoms with van der Waals surface area (Å²) < 4.78 is 6.82. The Kier molecular flexibility index (Phi) is 10.3. The fraction of sp³-hybridized carbons (Fsp3) is 0.611. The fourth-order valence-electron chi connectivity index (χ4n) is 7.56. The van der Waals surface area contributed by atoms with Crippen LogP contribution in [0.3, 0.4) is 0 Å². The molecule has 42 heavy (non-hydrogen) atoms. The van der Waals surface area contributed by atoms with Crippen LogP contribution in [0.5, 0.6) is 0 Å². The van der Waals surface area contributed by atoms with Crippen LogP contribution in [0.4, 0.5) is 11.4 Å². The van der Waals surface area contributed by atoms with E-state index in [1.807, 2.05) is 31.2 Å². The average Bonchev–Trinajstić information content (AvgIpc) is 3.31. The number of para-hydroxylation sites is 1. The summed E-state index contributed by atoms with van der Waals surface area (Å²) in [6.45, 7) is 9.64. The number of benzene rings is 2. The molecule has 0 aromatic heterocycles. The van der Waals surface area contributed by atoms with Gasteiger partial charge in [0.2, 0.25) is 6.73 Å². The Morgan fingerprint density at radius 3 is 2.48 bits per heavy atom. The van der Waals surface area contributed by atoms with Crippen molar-refractivity contribution in [3.8, 4) is 0 Å². The molecule has 0 bridgehead atoms. The van der Waals surface area contributed by atoms with Crippen molar-refractivity contribution < 1.29 is 18.8 Å². The van der Waals surface area contributed by atoms with Crippen molar-refractivity contribution in [2.45, 2.75) is 96.4 Å². The van der Waals surface area contributed by atoms with Crippen LogP contribution in [0, 0.1) is 6.92 Å². The van der Waals surface area contributed by atoms with E-state index >= 15 is 0 Å². The van der Waals surface area contributed by atoms with Gasteiger partial charge in [-0.15, -0.1) is 0 Å². The Bertz CT molecular complexity index is 1210. The number of unbranched alkanes of at least 4 members (excludes halogenated alkanes) is 6. The van der Waals surface area contributed by atoms with E-state index in [1.165, 1.54) is 54.6 Å². The number of hydrogen-bond acceptors (Lipinski definition) is 5. The molecule has 6 nitrogen and oxygen atoms in total. The molecule has 0 radical (unpaired) electrons. The highest BCUT2D eigenvalue weighted by atomic mass is 16.5. The van der Waals surface area contributed by atoms with Crippen molar-refractivity contribution in [1.29, 1.82) is 0 Å². The third-order valence-corrected chi connectivity index (χ3v) is 10.1. The van der Waals surface area contributed by atoms with Gasteiger partial charge < -0.3 is 14.5 Å². The molecular weight excluding hydrogens is 522 g/mol. The number of carbonyl (C=O) groups is 2. The van der Waals surface area contributed by atoms with Gasteiger partial charge >= 0.3 is 5.97 Å². The van der Waals surface area contributed by atoms with Gasteiger partial charge in [-0.05, 0) is 25.0 Å². The normalized spacial score (nSPS) is 22.5. The maximum Gasteiger partial charge on any atom is 0.310 e. The second kappa shape index (κ2) is 14.1. The van der Waals surface area contributed by atoms with Gasteiger partial charge in [-0.2, -0.15) is 0 Å².